The van der Waals surface area contributed by atoms with Gasteiger partial charge in [-0.25, -0.2) is 8.42 Å². The zero-order valence-corrected chi connectivity index (χ0v) is 15.2. The van der Waals surface area contributed by atoms with Crippen molar-refractivity contribution in [3.05, 3.63) is 47.3 Å². The fourth-order valence-electron chi connectivity index (χ4n) is 2.85. The first kappa shape index (κ1) is 17.1. The van der Waals surface area contributed by atoms with E-state index in [9.17, 15) is 13.2 Å². The van der Waals surface area contributed by atoms with Gasteiger partial charge in [0.25, 0.3) is 10.0 Å². The summed E-state index contributed by atoms with van der Waals surface area (Å²) in [5.74, 6) is -0.352. The summed E-state index contributed by atoms with van der Waals surface area (Å²) in [7, 11) is -3.69. The average Bonchev–Trinajstić information content (AvgIpc) is 3.21. The summed E-state index contributed by atoms with van der Waals surface area (Å²) < 4.78 is 27.8. The summed E-state index contributed by atoms with van der Waals surface area (Å²) in [4.78, 5) is 14.7. The van der Waals surface area contributed by atoms with Crippen molar-refractivity contribution in [2.24, 2.45) is 5.92 Å². The van der Waals surface area contributed by atoms with E-state index in [1.165, 1.54) is 0 Å². The van der Waals surface area contributed by atoms with Gasteiger partial charge >= 0.3 is 0 Å². The summed E-state index contributed by atoms with van der Waals surface area (Å²) in [6.45, 7) is 4.28. The van der Waals surface area contributed by atoms with E-state index < -0.39 is 16.1 Å². The minimum atomic E-state index is -3.69. The number of carbonyl (C=O) groups is 1. The Morgan fingerprint density at radius 2 is 1.96 bits per heavy atom. The maximum absolute atomic E-state index is 13.0. The summed E-state index contributed by atoms with van der Waals surface area (Å²) in [6.07, 6.45) is 0.796. The van der Waals surface area contributed by atoms with Crippen molar-refractivity contribution in [1.29, 1.82) is 0 Å². The van der Waals surface area contributed by atoms with Crippen molar-refractivity contribution in [3.8, 4) is 0 Å². The number of nitrogens with zero attached hydrogens (tertiary/aromatic N) is 1. The Kier molecular flexibility index (Phi) is 4.76. The van der Waals surface area contributed by atoms with E-state index in [0.717, 1.165) is 29.0 Å². The number of sulfonamides is 1. The van der Waals surface area contributed by atoms with Crippen LogP contribution >= 0.6 is 11.3 Å². The number of amides is 1. The number of benzene rings is 1. The van der Waals surface area contributed by atoms with Gasteiger partial charge in [-0.05, 0) is 35.4 Å². The fraction of sp³-hybridized carbons (Fsp3) is 0.353. The summed E-state index contributed by atoms with van der Waals surface area (Å²) in [5, 5.41) is 1.71. The highest BCUT2D eigenvalue weighted by Gasteiger charge is 2.34. The van der Waals surface area contributed by atoms with Crippen molar-refractivity contribution in [3.63, 3.8) is 0 Å². The second-order valence-electron chi connectivity index (χ2n) is 6.14. The molecule has 1 atom stereocenters. The van der Waals surface area contributed by atoms with Crippen molar-refractivity contribution in [2.75, 3.05) is 11.4 Å². The van der Waals surface area contributed by atoms with E-state index in [1.807, 2.05) is 38.1 Å². The third-order valence-corrected chi connectivity index (χ3v) is 6.97. The first-order valence-corrected chi connectivity index (χ1v) is 10.2. The van der Waals surface area contributed by atoms with Gasteiger partial charge in [0.2, 0.25) is 5.91 Å². The maximum atomic E-state index is 13.0. The number of fused-ring (bicyclic) bond motifs is 1. The first-order chi connectivity index (χ1) is 11.4. The van der Waals surface area contributed by atoms with Crippen molar-refractivity contribution < 1.29 is 13.2 Å². The van der Waals surface area contributed by atoms with Gasteiger partial charge in [-0.2, -0.15) is 4.72 Å². The van der Waals surface area contributed by atoms with Gasteiger partial charge in [0, 0.05) is 12.2 Å². The second kappa shape index (κ2) is 6.66. The fourth-order valence-corrected chi connectivity index (χ4v) is 5.20. The summed E-state index contributed by atoms with van der Waals surface area (Å²) in [6, 6.07) is 10.2. The molecule has 0 radical (unpaired) electrons. The van der Waals surface area contributed by atoms with Crippen LogP contribution in [0.15, 0.2) is 46.0 Å². The quantitative estimate of drug-likeness (QED) is 0.887. The molecule has 0 saturated carbocycles. The number of anilines is 1. The van der Waals surface area contributed by atoms with Crippen molar-refractivity contribution in [2.45, 2.75) is 30.5 Å². The van der Waals surface area contributed by atoms with Crippen LogP contribution in [0.3, 0.4) is 0 Å². The van der Waals surface area contributed by atoms with Crippen LogP contribution in [0.5, 0.6) is 0 Å². The Balaban J connectivity index is 1.86. The minimum absolute atomic E-state index is 0.153. The zero-order valence-electron chi connectivity index (χ0n) is 13.6. The van der Waals surface area contributed by atoms with Gasteiger partial charge < -0.3 is 4.90 Å². The van der Waals surface area contributed by atoms with E-state index in [1.54, 1.807) is 22.4 Å². The SMILES string of the molecule is CC(C)[C@@H](NS(=O)(=O)c1cccs1)C(=O)N1CCc2ccccc21. The van der Waals surface area contributed by atoms with Crippen LogP contribution in [0.4, 0.5) is 5.69 Å². The third-order valence-electron chi connectivity index (χ3n) is 4.13. The molecule has 5 nitrogen and oxygen atoms in total. The van der Waals surface area contributed by atoms with E-state index in [2.05, 4.69) is 4.72 Å². The molecule has 0 fully saturated rings. The Bertz CT molecular complexity index is 829. The van der Waals surface area contributed by atoms with E-state index >= 15 is 0 Å². The summed E-state index contributed by atoms with van der Waals surface area (Å²) >= 11 is 1.14. The molecule has 1 aliphatic heterocycles. The molecule has 1 aromatic carbocycles. The van der Waals surface area contributed by atoms with Crippen molar-refractivity contribution in [1.82, 2.24) is 4.72 Å². The van der Waals surface area contributed by atoms with Crippen molar-refractivity contribution >= 4 is 33.0 Å². The van der Waals surface area contributed by atoms with Crippen LogP contribution in [0, 0.1) is 5.92 Å². The third kappa shape index (κ3) is 3.24. The number of thiophene rings is 1. The Morgan fingerprint density at radius 3 is 2.62 bits per heavy atom. The zero-order chi connectivity index (χ0) is 17.3. The van der Waals surface area contributed by atoms with Crippen LogP contribution in [0.2, 0.25) is 0 Å². The van der Waals surface area contributed by atoms with Gasteiger partial charge in [-0.15, -0.1) is 11.3 Å². The largest absolute Gasteiger partial charge is 0.310 e. The van der Waals surface area contributed by atoms with E-state index in [-0.39, 0.29) is 16.0 Å². The number of carbonyl (C=O) groups excluding carboxylic acids is 1. The topological polar surface area (TPSA) is 66.5 Å². The molecule has 0 aliphatic carbocycles. The average molecular weight is 364 g/mol. The standard InChI is InChI=1S/C17H20N2O3S2/c1-12(2)16(18-24(21,22)15-8-5-11-23-15)17(20)19-10-9-13-6-3-4-7-14(13)19/h3-8,11-12,16,18H,9-10H2,1-2H3/t16-/m1/s1. The first-order valence-electron chi connectivity index (χ1n) is 7.85. The van der Waals surface area contributed by atoms with E-state index in [4.69, 9.17) is 0 Å². The lowest BCUT2D eigenvalue weighted by Gasteiger charge is -2.27. The van der Waals surface area contributed by atoms with Gasteiger partial charge in [0.05, 0.1) is 0 Å². The number of rotatable bonds is 5. The van der Waals surface area contributed by atoms with Crippen LogP contribution in [0.25, 0.3) is 0 Å². The molecule has 1 aliphatic rings. The lowest BCUT2D eigenvalue weighted by Crippen LogP contribution is -2.50. The van der Waals surface area contributed by atoms with E-state index in [0.29, 0.717) is 6.54 Å². The van der Waals surface area contributed by atoms with Gasteiger partial charge in [-0.1, -0.05) is 38.1 Å². The number of hydrogen-bond donors (Lipinski definition) is 1. The number of para-hydroxylation sites is 1. The number of hydrogen-bond acceptors (Lipinski definition) is 4. The molecule has 2 aromatic rings. The lowest BCUT2D eigenvalue weighted by molar-refractivity contribution is -0.121. The predicted molar refractivity (Wildman–Crippen MR) is 95.8 cm³/mol. The Morgan fingerprint density at radius 1 is 1.21 bits per heavy atom. The highest BCUT2D eigenvalue weighted by Crippen LogP contribution is 2.29. The molecule has 1 N–H and O–H groups in total. The molecule has 128 valence electrons. The molecular weight excluding hydrogens is 344 g/mol. The smallest absolute Gasteiger partial charge is 0.250 e. The van der Waals surface area contributed by atoms with Crippen LogP contribution in [-0.2, 0) is 21.2 Å². The Labute approximate surface area is 146 Å². The molecule has 0 spiro atoms. The monoisotopic (exact) mass is 364 g/mol. The predicted octanol–water partition coefficient (Wildman–Crippen LogP) is 2.64. The maximum Gasteiger partial charge on any atom is 0.250 e. The highest BCUT2D eigenvalue weighted by atomic mass is 32.2. The molecule has 3 rings (SSSR count). The minimum Gasteiger partial charge on any atom is -0.310 e. The normalized spacial score (nSPS) is 15.5. The second-order valence-corrected chi connectivity index (χ2v) is 9.03. The Hall–Kier alpha value is -1.70. The molecule has 2 heterocycles. The van der Waals surface area contributed by atoms with Gasteiger partial charge in [0.15, 0.2) is 0 Å². The number of nitrogens with one attached hydrogen (secondary N) is 1. The highest BCUT2D eigenvalue weighted by molar-refractivity contribution is 7.91. The van der Waals surface area contributed by atoms with Crippen LogP contribution in [0.1, 0.15) is 19.4 Å². The molecule has 7 heteroatoms. The van der Waals surface area contributed by atoms with Crippen LogP contribution < -0.4 is 9.62 Å². The molecule has 0 bridgehead atoms. The molecule has 1 aromatic heterocycles. The lowest BCUT2D eigenvalue weighted by atomic mass is 10.0. The molecule has 1 amide bonds. The summed E-state index contributed by atoms with van der Waals surface area (Å²) in [5.41, 5.74) is 2.00. The van der Waals surface area contributed by atoms with Gasteiger partial charge in [-0.3, -0.25) is 4.79 Å². The van der Waals surface area contributed by atoms with Gasteiger partial charge in [0.1, 0.15) is 10.3 Å². The molecular formula is C17H20N2O3S2. The molecule has 0 saturated heterocycles. The molecule has 0 unspecified atom stereocenters. The molecule has 24 heavy (non-hydrogen) atoms. The van der Waals surface area contributed by atoms with Crippen LogP contribution in [-0.4, -0.2) is 26.9 Å².